The Morgan fingerprint density at radius 1 is 1.04 bits per heavy atom. The predicted octanol–water partition coefficient (Wildman–Crippen LogP) is 4.64. The molecule has 9 heteroatoms. The third-order valence-electron chi connectivity index (χ3n) is 3.51. The molecule has 0 saturated carbocycles. The van der Waals surface area contributed by atoms with Crippen molar-refractivity contribution in [1.82, 2.24) is 0 Å². The minimum atomic E-state index is -4.72. The summed E-state index contributed by atoms with van der Waals surface area (Å²) >= 11 is 1.30. The highest BCUT2D eigenvalue weighted by Crippen LogP contribution is 2.36. The molecule has 0 saturated heterocycles. The first kappa shape index (κ1) is 20.6. The van der Waals surface area contributed by atoms with Crippen molar-refractivity contribution in [3.63, 3.8) is 0 Å². The van der Waals surface area contributed by atoms with Gasteiger partial charge in [-0.05, 0) is 37.3 Å². The number of aryl methyl sites for hydroxylation is 1. The van der Waals surface area contributed by atoms with Crippen LogP contribution in [0.2, 0.25) is 0 Å². The zero-order chi connectivity index (χ0) is 20.2. The van der Waals surface area contributed by atoms with E-state index < -0.39 is 29.2 Å². The molecule has 5 nitrogen and oxygen atoms in total. The van der Waals surface area contributed by atoms with Crippen molar-refractivity contribution in [2.45, 2.75) is 32.9 Å². The second-order valence-electron chi connectivity index (χ2n) is 5.82. The Balaban J connectivity index is 2.07. The molecular weight excluding hydrogens is 381 g/mol. The summed E-state index contributed by atoms with van der Waals surface area (Å²) in [6.07, 6.45) is -5.06. The first-order chi connectivity index (χ1) is 12.6. The number of anilines is 2. The van der Waals surface area contributed by atoms with Crippen molar-refractivity contribution in [3.8, 4) is 0 Å². The fourth-order valence-corrected chi connectivity index (χ4v) is 3.15. The predicted molar refractivity (Wildman–Crippen MR) is 97.0 cm³/mol. The standard InChI is InChI=1S/C18H17F3N2O3S/c1-10-3-7-16(27-10)15(25)6-8-17(26)23-14-5-4-12(22-11(2)24)9-13(14)18(19,20)21/h3-5,7,9H,6,8H2,1-2H3,(H,22,24)(H,23,26). The second-order valence-corrected chi connectivity index (χ2v) is 7.11. The van der Waals surface area contributed by atoms with E-state index in [2.05, 4.69) is 10.6 Å². The molecule has 2 amide bonds. The molecule has 1 aromatic carbocycles. The Morgan fingerprint density at radius 3 is 2.30 bits per heavy atom. The largest absolute Gasteiger partial charge is 0.418 e. The maximum Gasteiger partial charge on any atom is 0.418 e. The number of carbonyl (C=O) groups excluding carboxylic acids is 3. The van der Waals surface area contributed by atoms with Gasteiger partial charge in [0.1, 0.15) is 0 Å². The molecule has 0 spiro atoms. The Morgan fingerprint density at radius 2 is 1.74 bits per heavy atom. The Kier molecular flexibility index (Phi) is 6.37. The molecule has 1 aromatic heterocycles. The number of benzene rings is 1. The van der Waals surface area contributed by atoms with Gasteiger partial charge in [-0.1, -0.05) is 0 Å². The van der Waals surface area contributed by atoms with E-state index in [-0.39, 0.29) is 24.3 Å². The maximum atomic E-state index is 13.2. The number of Topliss-reactive ketones (excluding diaryl/α,β-unsaturated/α-hetero) is 1. The fourth-order valence-electron chi connectivity index (χ4n) is 2.32. The van der Waals surface area contributed by atoms with Gasteiger partial charge in [0, 0.05) is 30.3 Å². The summed E-state index contributed by atoms with van der Waals surface area (Å²) in [4.78, 5) is 36.5. The normalized spacial score (nSPS) is 11.1. The summed E-state index contributed by atoms with van der Waals surface area (Å²) in [5.74, 6) is -1.45. The number of halogens is 3. The zero-order valence-electron chi connectivity index (χ0n) is 14.6. The molecule has 2 N–H and O–H groups in total. The lowest BCUT2D eigenvalue weighted by atomic mass is 10.1. The average Bonchev–Trinajstić information content (AvgIpc) is 2.99. The van der Waals surface area contributed by atoms with Gasteiger partial charge in [0.15, 0.2) is 5.78 Å². The molecule has 1 heterocycles. The number of hydrogen-bond donors (Lipinski definition) is 2. The van der Waals surface area contributed by atoms with Gasteiger partial charge in [-0.15, -0.1) is 11.3 Å². The van der Waals surface area contributed by atoms with Gasteiger partial charge in [-0.3, -0.25) is 14.4 Å². The van der Waals surface area contributed by atoms with Crippen LogP contribution in [0.4, 0.5) is 24.5 Å². The first-order valence-corrected chi connectivity index (χ1v) is 8.76. The summed E-state index contributed by atoms with van der Waals surface area (Å²) in [5.41, 5.74) is -1.54. The van der Waals surface area contributed by atoms with Crippen LogP contribution in [-0.2, 0) is 15.8 Å². The highest BCUT2D eigenvalue weighted by Gasteiger charge is 2.34. The molecule has 0 aliphatic rings. The van der Waals surface area contributed by atoms with Crippen LogP contribution in [-0.4, -0.2) is 17.6 Å². The van der Waals surface area contributed by atoms with E-state index in [0.717, 1.165) is 17.0 Å². The van der Waals surface area contributed by atoms with Crippen LogP contribution in [0.1, 0.15) is 39.9 Å². The van der Waals surface area contributed by atoms with Crippen molar-refractivity contribution >= 4 is 40.3 Å². The number of nitrogens with one attached hydrogen (secondary N) is 2. The lowest BCUT2D eigenvalue weighted by molar-refractivity contribution is -0.137. The van der Waals surface area contributed by atoms with Crippen molar-refractivity contribution in [1.29, 1.82) is 0 Å². The molecule has 2 aromatic rings. The molecule has 2 rings (SSSR count). The van der Waals surface area contributed by atoms with Crippen molar-refractivity contribution in [2.24, 2.45) is 0 Å². The number of rotatable bonds is 6. The van der Waals surface area contributed by atoms with E-state index in [4.69, 9.17) is 0 Å². The Labute approximate surface area is 157 Å². The van der Waals surface area contributed by atoms with Crippen LogP contribution >= 0.6 is 11.3 Å². The number of thiophene rings is 1. The minimum absolute atomic E-state index is 0.0314. The van der Waals surface area contributed by atoms with Crippen LogP contribution < -0.4 is 10.6 Å². The van der Waals surface area contributed by atoms with E-state index in [0.29, 0.717) is 4.88 Å². The van der Waals surface area contributed by atoms with Gasteiger partial charge < -0.3 is 10.6 Å². The highest BCUT2D eigenvalue weighted by atomic mass is 32.1. The van der Waals surface area contributed by atoms with Gasteiger partial charge in [-0.25, -0.2) is 0 Å². The molecule has 0 fully saturated rings. The topological polar surface area (TPSA) is 75.3 Å². The lowest BCUT2D eigenvalue weighted by Crippen LogP contribution is -2.18. The number of hydrogen-bond acceptors (Lipinski definition) is 4. The number of alkyl halides is 3. The van der Waals surface area contributed by atoms with E-state index in [1.807, 2.05) is 6.92 Å². The minimum Gasteiger partial charge on any atom is -0.326 e. The van der Waals surface area contributed by atoms with E-state index in [1.54, 1.807) is 12.1 Å². The second kappa shape index (κ2) is 8.34. The fraction of sp³-hybridized carbons (Fsp3) is 0.278. The van der Waals surface area contributed by atoms with E-state index in [9.17, 15) is 27.6 Å². The van der Waals surface area contributed by atoms with Crippen LogP contribution in [0.3, 0.4) is 0 Å². The molecule has 0 bridgehead atoms. The van der Waals surface area contributed by atoms with Crippen molar-refractivity contribution in [3.05, 3.63) is 45.6 Å². The monoisotopic (exact) mass is 398 g/mol. The van der Waals surface area contributed by atoms with Gasteiger partial charge >= 0.3 is 6.18 Å². The summed E-state index contributed by atoms with van der Waals surface area (Å²) < 4.78 is 39.7. The summed E-state index contributed by atoms with van der Waals surface area (Å²) in [7, 11) is 0. The number of amides is 2. The number of carbonyl (C=O) groups is 3. The molecule has 27 heavy (non-hydrogen) atoms. The smallest absolute Gasteiger partial charge is 0.326 e. The van der Waals surface area contributed by atoms with Gasteiger partial charge in [0.25, 0.3) is 0 Å². The van der Waals surface area contributed by atoms with E-state index >= 15 is 0 Å². The molecule has 0 aliphatic carbocycles. The average molecular weight is 398 g/mol. The third-order valence-corrected chi connectivity index (χ3v) is 4.56. The Bertz CT molecular complexity index is 875. The molecule has 0 unspecified atom stereocenters. The third kappa shape index (κ3) is 5.92. The van der Waals surface area contributed by atoms with Crippen molar-refractivity contribution < 1.29 is 27.6 Å². The summed E-state index contributed by atoms with van der Waals surface area (Å²) in [6, 6.07) is 6.51. The number of ketones is 1. The van der Waals surface area contributed by atoms with Crippen molar-refractivity contribution in [2.75, 3.05) is 10.6 Å². The summed E-state index contributed by atoms with van der Waals surface area (Å²) in [6.45, 7) is 3.02. The first-order valence-electron chi connectivity index (χ1n) is 7.94. The van der Waals surface area contributed by atoms with E-state index in [1.165, 1.54) is 24.3 Å². The zero-order valence-corrected chi connectivity index (χ0v) is 15.4. The van der Waals surface area contributed by atoms with Crippen LogP contribution in [0.15, 0.2) is 30.3 Å². The molecule has 0 radical (unpaired) electrons. The van der Waals surface area contributed by atoms with Crippen LogP contribution in [0.5, 0.6) is 0 Å². The van der Waals surface area contributed by atoms with Crippen LogP contribution in [0, 0.1) is 6.92 Å². The summed E-state index contributed by atoms with van der Waals surface area (Å²) in [5, 5.41) is 4.45. The molecular formula is C18H17F3N2O3S. The SMILES string of the molecule is CC(=O)Nc1ccc(NC(=O)CCC(=O)c2ccc(C)s2)c(C(F)(F)F)c1. The van der Waals surface area contributed by atoms with Gasteiger partial charge in [0.05, 0.1) is 16.1 Å². The molecule has 144 valence electrons. The maximum absolute atomic E-state index is 13.2. The molecule has 0 atom stereocenters. The highest BCUT2D eigenvalue weighted by molar-refractivity contribution is 7.14. The van der Waals surface area contributed by atoms with Gasteiger partial charge in [0.2, 0.25) is 11.8 Å². The molecule has 0 aliphatic heterocycles. The van der Waals surface area contributed by atoms with Crippen LogP contribution in [0.25, 0.3) is 0 Å². The quantitative estimate of drug-likeness (QED) is 0.697. The Hall–Kier alpha value is -2.68. The lowest BCUT2D eigenvalue weighted by Gasteiger charge is -2.15. The van der Waals surface area contributed by atoms with Gasteiger partial charge in [-0.2, -0.15) is 13.2 Å².